The average molecular weight is 648 g/mol. The first-order valence-electron chi connectivity index (χ1n) is 15.5. The Balaban J connectivity index is 1.57. The maximum Gasteiger partial charge on any atom is 0.321 e. The first-order valence-corrected chi connectivity index (χ1v) is 15.5. The van der Waals surface area contributed by atoms with Crippen molar-refractivity contribution < 1.29 is 29.0 Å². The highest BCUT2D eigenvalue weighted by atomic mass is 16.5. The molecule has 0 aliphatic rings. The number of urea groups is 1. The number of nitrogens with zero attached hydrogens (tertiary/aromatic N) is 1. The van der Waals surface area contributed by atoms with E-state index < -0.39 is 18.0 Å². The zero-order chi connectivity index (χ0) is 33.7. The Bertz CT molecular complexity index is 1350. The van der Waals surface area contributed by atoms with Crippen molar-refractivity contribution in [2.45, 2.75) is 31.3 Å². The summed E-state index contributed by atoms with van der Waals surface area (Å²) >= 11 is 0. The van der Waals surface area contributed by atoms with Crippen molar-refractivity contribution in [2.24, 2.45) is 16.5 Å². The summed E-state index contributed by atoms with van der Waals surface area (Å²) in [6.07, 6.45) is 0.655. The first-order chi connectivity index (χ1) is 22.9. The van der Waals surface area contributed by atoms with Gasteiger partial charge in [0, 0.05) is 26.2 Å². The Morgan fingerprint density at radius 2 is 1.40 bits per heavy atom. The van der Waals surface area contributed by atoms with Gasteiger partial charge in [-0.1, -0.05) is 72.8 Å². The van der Waals surface area contributed by atoms with Crippen LogP contribution in [0.3, 0.4) is 0 Å². The van der Waals surface area contributed by atoms with Crippen LogP contribution in [0.1, 0.15) is 35.4 Å². The largest absolute Gasteiger partial charge is 0.508 e. The summed E-state index contributed by atoms with van der Waals surface area (Å²) in [6, 6.07) is 23.8. The number of ether oxygens (including phenoxy) is 2. The molecule has 0 saturated heterocycles. The number of benzene rings is 3. The van der Waals surface area contributed by atoms with Gasteiger partial charge in [0.15, 0.2) is 5.96 Å². The lowest BCUT2D eigenvalue weighted by atomic mass is 9.90. The highest BCUT2D eigenvalue weighted by Gasteiger charge is 2.27. The Morgan fingerprint density at radius 1 is 0.787 bits per heavy atom. The van der Waals surface area contributed by atoms with E-state index in [1.807, 2.05) is 60.7 Å². The number of amides is 4. The fourth-order valence-electron chi connectivity index (χ4n) is 4.57. The molecular weight excluding hydrogens is 602 g/mol. The Labute approximate surface area is 275 Å². The maximum absolute atomic E-state index is 13.8. The minimum atomic E-state index is -0.872. The second kappa shape index (κ2) is 20.9. The smallest absolute Gasteiger partial charge is 0.321 e. The maximum atomic E-state index is 13.8. The lowest BCUT2D eigenvalue weighted by Gasteiger charge is -2.23. The molecule has 0 saturated carbocycles. The Morgan fingerprint density at radius 3 is 2.02 bits per heavy atom. The summed E-state index contributed by atoms with van der Waals surface area (Å²) in [5, 5.41) is 20.5. The number of nitrogens with one attached hydrogen (secondary N) is 4. The number of hydrogen-bond donors (Lipinski definition) is 7. The third kappa shape index (κ3) is 13.9. The molecule has 1 atom stereocenters. The minimum Gasteiger partial charge on any atom is -0.508 e. The number of guanidine groups is 1. The number of aliphatic imine (C=N–C) groups is 1. The third-order valence-electron chi connectivity index (χ3n) is 6.90. The van der Waals surface area contributed by atoms with Gasteiger partial charge < -0.3 is 42.0 Å². The summed E-state index contributed by atoms with van der Waals surface area (Å²) in [4.78, 5) is 43.4. The molecule has 0 spiro atoms. The van der Waals surface area contributed by atoms with E-state index in [1.54, 1.807) is 12.1 Å². The van der Waals surface area contributed by atoms with Gasteiger partial charge >= 0.3 is 6.03 Å². The number of carbonyl (C=O) groups excluding carboxylic acids is 3. The van der Waals surface area contributed by atoms with Crippen molar-refractivity contribution in [3.63, 3.8) is 0 Å². The quantitative estimate of drug-likeness (QED) is 0.0579. The normalized spacial score (nSPS) is 11.9. The molecule has 0 aliphatic heterocycles. The van der Waals surface area contributed by atoms with Gasteiger partial charge in [-0.3, -0.25) is 19.9 Å². The van der Waals surface area contributed by atoms with Gasteiger partial charge in [0.2, 0.25) is 11.8 Å². The van der Waals surface area contributed by atoms with Crippen molar-refractivity contribution in [1.82, 2.24) is 21.3 Å². The molecule has 0 fully saturated rings. The number of phenols is 1. The summed E-state index contributed by atoms with van der Waals surface area (Å²) in [6.45, 7) is 2.71. The molecule has 3 aromatic carbocycles. The van der Waals surface area contributed by atoms with E-state index >= 15 is 0 Å². The van der Waals surface area contributed by atoms with E-state index in [-0.39, 0.29) is 49.6 Å². The second-order valence-corrected chi connectivity index (χ2v) is 10.5. The van der Waals surface area contributed by atoms with Crippen LogP contribution in [-0.4, -0.2) is 81.0 Å². The monoisotopic (exact) mass is 647 g/mol. The standard InChI is InChI=1S/C34H45N7O6/c35-17-20-46-22-23-47-21-19-38-34(45)41-33(36)37-18-7-12-29(31(43)39-24-25-13-15-28(42)16-14-25)40-32(44)30(26-8-3-1-4-9-26)27-10-5-2-6-11-27/h1-6,8-11,13-16,29-30,42H,7,12,17-24,35H2,(H,39,43)(H,40,44)(H4,36,37,38,41,45)/t29-/m1/s1. The number of aromatic hydroxyl groups is 1. The lowest BCUT2D eigenvalue weighted by molar-refractivity contribution is -0.129. The van der Waals surface area contributed by atoms with Crippen LogP contribution in [0.4, 0.5) is 4.79 Å². The average Bonchev–Trinajstić information content (AvgIpc) is 3.08. The van der Waals surface area contributed by atoms with Crippen molar-refractivity contribution in [3.8, 4) is 5.75 Å². The molecule has 0 heterocycles. The highest BCUT2D eigenvalue weighted by Crippen LogP contribution is 2.25. The van der Waals surface area contributed by atoms with E-state index in [1.165, 1.54) is 12.1 Å². The van der Waals surface area contributed by atoms with Gasteiger partial charge in [0.25, 0.3) is 0 Å². The molecule has 0 aliphatic carbocycles. The van der Waals surface area contributed by atoms with Crippen molar-refractivity contribution in [3.05, 3.63) is 102 Å². The third-order valence-corrected chi connectivity index (χ3v) is 6.90. The molecular formula is C34H45N7O6. The van der Waals surface area contributed by atoms with Crippen LogP contribution in [0, 0.1) is 0 Å². The first kappa shape index (κ1) is 36.5. The summed E-state index contributed by atoms with van der Waals surface area (Å²) in [5.74, 6) is -1.27. The summed E-state index contributed by atoms with van der Waals surface area (Å²) in [5.41, 5.74) is 13.6. The SMILES string of the molecule is NCCOCCOCCNC(=O)NC(N)=NCCC[C@@H](NC(=O)C(c1ccccc1)c1ccccc1)C(=O)NCc1ccc(O)cc1. The van der Waals surface area contributed by atoms with Crippen LogP contribution in [0.25, 0.3) is 0 Å². The molecule has 13 heteroatoms. The number of rotatable bonds is 19. The van der Waals surface area contributed by atoms with E-state index in [0.29, 0.717) is 39.4 Å². The fraction of sp³-hybridized carbons (Fsp3) is 0.353. The van der Waals surface area contributed by atoms with Gasteiger partial charge in [-0.05, 0) is 41.7 Å². The van der Waals surface area contributed by atoms with Crippen molar-refractivity contribution in [1.29, 1.82) is 0 Å². The summed E-state index contributed by atoms with van der Waals surface area (Å²) < 4.78 is 10.6. The molecule has 3 rings (SSSR count). The fourth-order valence-corrected chi connectivity index (χ4v) is 4.57. The Hall–Kier alpha value is -4.98. The van der Waals surface area contributed by atoms with Gasteiger partial charge in [-0.2, -0.15) is 0 Å². The molecule has 13 nitrogen and oxygen atoms in total. The number of hydrogen-bond acceptors (Lipinski definition) is 8. The van der Waals surface area contributed by atoms with Gasteiger partial charge in [0.05, 0.1) is 32.3 Å². The second-order valence-electron chi connectivity index (χ2n) is 10.5. The minimum absolute atomic E-state index is 0.0795. The van der Waals surface area contributed by atoms with Gasteiger partial charge in [0.1, 0.15) is 11.8 Å². The molecule has 9 N–H and O–H groups in total. The van der Waals surface area contributed by atoms with Crippen LogP contribution in [-0.2, 0) is 25.6 Å². The molecule has 0 radical (unpaired) electrons. The Kier molecular flexibility index (Phi) is 16.3. The van der Waals surface area contributed by atoms with Gasteiger partial charge in [-0.25, -0.2) is 4.79 Å². The molecule has 252 valence electrons. The van der Waals surface area contributed by atoms with Crippen molar-refractivity contribution in [2.75, 3.05) is 46.1 Å². The predicted octanol–water partition coefficient (Wildman–Crippen LogP) is 1.71. The molecule has 0 aromatic heterocycles. The highest BCUT2D eigenvalue weighted by molar-refractivity contribution is 5.95. The number of phenolic OH excluding ortho intramolecular Hbond substituents is 1. The molecule has 0 unspecified atom stereocenters. The van der Waals surface area contributed by atoms with Crippen LogP contribution in [0.5, 0.6) is 5.75 Å². The summed E-state index contributed by atoms with van der Waals surface area (Å²) in [7, 11) is 0. The van der Waals surface area contributed by atoms with E-state index in [0.717, 1.165) is 16.7 Å². The topological polar surface area (TPSA) is 202 Å². The molecule has 47 heavy (non-hydrogen) atoms. The van der Waals surface area contributed by atoms with Crippen LogP contribution < -0.4 is 32.7 Å². The molecule has 0 bridgehead atoms. The molecule has 3 aromatic rings. The molecule has 4 amide bonds. The van der Waals surface area contributed by atoms with E-state index in [9.17, 15) is 19.5 Å². The van der Waals surface area contributed by atoms with Gasteiger partial charge in [-0.15, -0.1) is 0 Å². The zero-order valence-electron chi connectivity index (χ0n) is 26.4. The van der Waals surface area contributed by atoms with Crippen LogP contribution in [0.2, 0.25) is 0 Å². The number of nitrogens with two attached hydrogens (primary N) is 2. The number of carbonyl (C=O) groups is 3. The van der Waals surface area contributed by atoms with Crippen LogP contribution in [0.15, 0.2) is 89.9 Å². The van der Waals surface area contributed by atoms with Crippen molar-refractivity contribution >= 4 is 23.8 Å². The van der Waals surface area contributed by atoms with E-state index in [4.69, 9.17) is 20.9 Å². The predicted molar refractivity (Wildman–Crippen MR) is 180 cm³/mol. The van der Waals surface area contributed by atoms with E-state index in [2.05, 4.69) is 26.3 Å². The zero-order valence-corrected chi connectivity index (χ0v) is 26.4. The van der Waals surface area contributed by atoms with Crippen LogP contribution >= 0.6 is 0 Å². The lowest BCUT2D eigenvalue weighted by Crippen LogP contribution is -2.48.